The number of hydrogen-bond donors (Lipinski definition) is 0. The normalized spacial score (nSPS) is 17.0. The van der Waals surface area contributed by atoms with Gasteiger partial charge in [-0.3, -0.25) is 4.79 Å². The Morgan fingerprint density at radius 2 is 1.83 bits per heavy atom. The van der Waals surface area contributed by atoms with E-state index >= 15 is 0 Å². The van der Waals surface area contributed by atoms with Crippen LogP contribution in [-0.4, -0.2) is 60.9 Å². The Labute approximate surface area is 206 Å². The number of fused-ring (bicyclic) bond motifs is 1. The number of benzene rings is 2. The van der Waals surface area contributed by atoms with Gasteiger partial charge in [-0.25, -0.2) is 18.2 Å². The number of sulfone groups is 1. The van der Waals surface area contributed by atoms with Crippen LogP contribution in [0, 0.1) is 12.8 Å². The summed E-state index contributed by atoms with van der Waals surface area (Å²) in [6, 6.07) is 16.5. The zero-order valence-electron chi connectivity index (χ0n) is 20.2. The zero-order valence-corrected chi connectivity index (χ0v) is 21.0. The van der Waals surface area contributed by atoms with Crippen LogP contribution < -0.4 is 0 Å². The van der Waals surface area contributed by atoms with Crippen molar-refractivity contribution in [1.82, 2.24) is 9.88 Å². The van der Waals surface area contributed by atoms with Crippen LogP contribution in [0.1, 0.15) is 36.2 Å². The first-order valence-electron chi connectivity index (χ1n) is 11.8. The van der Waals surface area contributed by atoms with Gasteiger partial charge >= 0.3 is 5.97 Å². The van der Waals surface area contributed by atoms with Crippen LogP contribution in [0.4, 0.5) is 0 Å². The number of rotatable bonds is 7. The van der Waals surface area contributed by atoms with Crippen molar-refractivity contribution in [2.45, 2.75) is 33.2 Å². The van der Waals surface area contributed by atoms with Crippen molar-refractivity contribution in [1.29, 1.82) is 0 Å². The molecule has 2 heterocycles. The van der Waals surface area contributed by atoms with Crippen LogP contribution in [0.25, 0.3) is 22.2 Å². The highest BCUT2D eigenvalue weighted by atomic mass is 32.2. The molecule has 1 aromatic heterocycles. The molecule has 35 heavy (non-hydrogen) atoms. The van der Waals surface area contributed by atoms with E-state index in [4.69, 9.17) is 9.72 Å². The minimum Gasteiger partial charge on any atom is -0.452 e. The summed E-state index contributed by atoms with van der Waals surface area (Å²) in [7, 11) is -3.15. The monoisotopic (exact) mass is 494 g/mol. The van der Waals surface area contributed by atoms with Crippen molar-refractivity contribution in [2.75, 3.05) is 24.7 Å². The maximum absolute atomic E-state index is 13.2. The Kier molecular flexibility index (Phi) is 7.21. The second-order valence-corrected chi connectivity index (χ2v) is 11.7. The molecule has 1 amide bonds. The van der Waals surface area contributed by atoms with Gasteiger partial charge in [-0.05, 0) is 31.4 Å². The van der Waals surface area contributed by atoms with Crippen molar-refractivity contribution in [3.8, 4) is 11.3 Å². The molecular weight excluding hydrogens is 464 g/mol. The van der Waals surface area contributed by atoms with E-state index in [1.807, 2.05) is 63.2 Å². The van der Waals surface area contributed by atoms with Gasteiger partial charge in [0.15, 0.2) is 16.4 Å². The molecule has 8 heteroatoms. The van der Waals surface area contributed by atoms with Gasteiger partial charge in [0.05, 0.1) is 28.3 Å². The maximum Gasteiger partial charge on any atom is 0.339 e. The fourth-order valence-electron chi connectivity index (χ4n) is 4.37. The first-order chi connectivity index (χ1) is 16.6. The smallest absolute Gasteiger partial charge is 0.339 e. The molecular formula is C27H30N2O5S. The molecule has 0 aliphatic carbocycles. The molecule has 1 fully saturated rings. The molecule has 1 unspecified atom stereocenters. The minimum absolute atomic E-state index is 0.0473. The number of carbonyl (C=O) groups excluding carboxylic acids is 2. The SMILES string of the molecule is Cc1ccc(-c2cc(C(=O)OCC(=O)N(CC(C)C)C3CCS(=O)(=O)C3)c3ccccc3n2)cc1. The molecule has 0 radical (unpaired) electrons. The highest BCUT2D eigenvalue weighted by Crippen LogP contribution is 2.26. The summed E-state index contributed by atoms with van der Waals surface area (Å²) in [5, 5.41) is 0.640. The van der Waals surface area contributed by atoms with E-state index in [0.717, 1.165) is 11.1 Å². The van der Waals surface area contributed by atoms with Gasteiger partial charge in [-0.15, -0.1) is 0 Å². The molecule has 0 spiro atoms. The Hall–Kier alpha value is -3.26. The number of esters is 1. The third kappa shape index (κ3) is 5.88. The first-order valence-corrected chi connectivity index (χ1v) is 13.6. The van der Waals surface area contributed by atoms with Crippen molar-refractivity contribution in [3.05, 3.63) is 65.7 Å². The molecule has 184 valence electrons. The third-order valence-corrected chi connectivity index (χ3v) is 7.89. The average Bonchev–Trinajstić information content (AvgIpc) is 3.19. The lowest BCUT2D eigenvalue weighted by Crippen LogP contribution is -2.45. The summed E-state index contributed by atoms with van der Waals surface area (Å²) in [6.45, 7) is 5.89. The lowest BCUT2D eigenvalue weighted by molar-refractivity contribution is -0.137. The van der Waals surface area contributed by atoms with Gasteiger partial charge in [0.25, 0.3) is 5.91 Å². The number of carbonyl (C=O) groups is 2. The largest absolute Gasteiger partial charge is 0.452 e. The van der Waals surface area contributed by atoms with Gasteiger partial charge in [-0.2, -0.15) is 0 Å². The van der Waals surface area contributed by atoms with Gasteiger partial charge in [0.2, 0.25) is 0 Å². The summed E-state index contributed by atoms with van der Waals surface area (Å²) in [6.07, 6.45) is 0.406. The van der Waals surface area contributed by atoms with Gasteiger partial charge in [0, 0.05) is 23.5 Å². The number of aryl methyl sites for hydroxylation is 1. The number of pyridine rings is 1. The van der Waals surface area contributed by atoms with Crippen LogP contribution in [-0.2, 0) is 19.4 Å². The van der Waals surface area contributed by atoms with Crippen LogP contribution in [0.15, 0.2) is 54.6 Å². The number of para-hydroxylation sites is 1. The summed E-state index contributed by atoms with van der Waals surface area (Å²) in [4.78, 5) is 32.5. The van der Waals surface area contributed by atoms with Gasteiger partial charge in [-0.1, -0.05) is 61.9 Å². The average molecular weight is 495 g/mol. The van der Waals surface area contributed by atoms with Crippen LogP contribution in [0.2, 0.25) is 0 Å². The fourth-order valence-corrected chi connectivity index (χ4v) is 6.10. The molecule has 7 nitrogen and oxygen atoms in total. The van der Waals surface area contributed by atoms with E-state index in [1.54, 1.807) is 17.0 Å². The molecule has 1 aliphatic rings. The fraction of sp³-hybridized carbons (Fsp3) is 0.370. The molecule has 4 rings (SSSR count). The second kappa shape index (κ2) is 10.2. The molecule has 0 N–H and O–H groups in total. The zero-order chi connectivity index (χ0) is 25.2. The quantitative estimate of drug-likeness (QED) is 0.460. The topological polar surface area (TPSA) is 93.6 Å². The van der Waals surface area contributed by atoms with E-state index in [9.17, 15) is 18.0 Å². The molecule has 1 aliphatic heterocycles. The van der Waals surface area contributed by atoms with E-state index in [-0.39, 0.29) is 29.4 Å². The Morgan fingerprint density at radius 3 is 2.49 bits per heavy atom. The highest BCUT2D eigenvalue weighted by Gasteiger charge is 2.35. The number of amides is 1. The number of ether oxygens (including phenoxy) is 1. The van der Waals surface area contributed by atoms with Crippen molar-refractivity contribution in [2.24, 2.45) is 5.92 Å². The Balaban J connectivity index is 1.57. The van der Waals surface area contributed by atoms with E-state index in [0.29, 0.717) is 35.1 Å². The molecule has 3 aromatic rings. The molecule has 0 bridgehead atoms. The van der Waals surface area contributed by atoms with Crippen LogP contribution in [0.3, 0.4) is 0 Å². The summed E-state index contributed by atoms with van der Waals surface area (Å²) >= 11 is 0. The summed E-state index contributed by atoms with van der Waals surface area (Å²) < 4.78 is 29.4. The van der Waals surface area contributed by atoms with Crippen molar-refractivity contribution >= 4 is 32.6 Å². The lowest BCUT2D eigenvalue weighted by atomic mass is 10.0. The first kappa shape index (κ1) is 24.9. The predicted molar refractivity (Wildman–Crippen MR) is 136 cm³/mol. The summed E-state index contributed by atoms with van der Waals surface area (Å²) in [5.41, 5.74) is 3.62. The van der Waals surface area contributed by atoms with Crippen molar-refractivity contribution < 1.29 is 22.7 Å². The number of aromatic nitrogens is 1. The predicted octanol–water partition coefficient (Wildman–Crippen LogP) is 4.04. The van der Waals surface area contributed by atoms with Crippen LogP contribution in [0.5, 0.6) is 0 Å². The Bertz CT molecular complexity index is 1350. The molecule has 0 saturated carbocycles. The second-order valence-electron chi connectivity index (χ2n) is 9.51. The third-order valence-electron chi connectivity index (χ3n) is 6.14. The summed E-state index contributed by atoms with van der Waals surface area (Å²) in [5.74, 6) is -0.822. The van der Waals surface area contributed by atoms with Gasteiger partial charge < -0.3 is 9.64 Å². The standard InChI is InChI=1S/C27H30N2O5S/c1-18(2)15-29(21-12-13-35(32,33)17-21)26(30)16-34-27(31)23-14-25(20-10-8-19(3)9-11-20)28-24-7-5-4-6-22(23)24/h4-11,14,18,21H,12-13,15-17H2,1-3H3. The van der Waals surface area contributed by atoms with E-state index in [2.05, 4.69) is 0 Å². The maximum atomic E-state index is 13.2. The molecule has 1 saturated heterocycles. The lowest BCUT2D eigenvalue weighted by Gasteiger charge is -2.29. The molecule has 2 aromatic carbocycles. The van der Waals surface area contributed by atoms with Crippen LogP contribution >= 0.6 is 0 Å². The highest BCUT2D eigenvalue weighted by molar-refractivity contribution is 7.91. The Morgan fingerprint density at radius 1 is 1.11 bits per heavy atom. The van der Waals surface area contributed by atoms with E-state index in [1.165, 1.54) is 0 Å². The number of nitrogens with zero attached hydrogens (tertiary/aromatic N) is 2. The van der Waals surface area contributed by atoms with Crippen molar-refractivity contribution in [3.63, 3.8) is 0 Å². The minimum atomic E-state index is -3.15. The molecule has 1 atom stereocenters. The number of hydrogen-bond acceptors (Lipinski definition) is 6. The van der Waals surface area contributed by atoms with Gasteiger partial charge in [0.1, 0.15) is 0 Å². The van der Waals surface area contributed by atoms with E-state index < -0.39 is 22.4 Å².